The fourth-order valence-corrected chi connectivity index (χ4v) is 4.50. The highest BCUT2D eigenvalue weighted by molar-refractivity contribution is 5.84. The maximum atomic E-state index is 13.0. The van der Waals surface area contributed by atoms with Crippen molar-refractivity contribution < 1.29 is 9.53 Å². The summed E-state index contributed by atoms with van der Waals surface area (Å²) in [5.41, 5.74) is 4.90. The number of amides is 1. The number of fused-ring (bicyclic) bond motifs is 3. The number of pyridine rings is 3. The molecule has 0 saturated carbocycles. The lowest BCUT2D eigenvalue weighted by Gasteiger charge is -2.30. The molecule has 4 aromatic heterocycles. The zero-order chi connectivity index (χ0) is 24.9. The number of ether oxygens (including phenoxy) is 1. The molecule has 8 nitrogen and oxygen atoms in total. The topological polar surface area (TPSA) is 82.3 Å². The third-order valence-corrected chi connectivity index (χ3v) is 6.25. The number of aromatic nitrogens is 4. The highest BCUT2D eigenvalue weighted by atomic mass is 16.6. The molecule has 35 heavy (non-hydrogen) atoms. The van der Waals surface area contributed by atoms with Gasteiger partial charge in [0.25, 0.3) is 5.56 Å². The first-order valence-electron chi connectivity index (χ1n) is 11.7. The molecule has 0 aromatic carbocycles. The summed E-state index contributed by atoms with van der Waals surface area (Å²) in [4.78, 5) is 36.6. The van der Waals surface area contributed by atoms with Gasteiger partial charge in [0, 0.05) is 60.7 Å². The molecule has 5 heterocycles. The van der Waals surface area contributed by atoms with Crippen LogP contribution in [0.25, 0.3) is 28.1 Å². The smallest absolute Gasteiger partial charge is 0.410 e. The van der Waals surface area contributed by atoms with Gasteiger partial charge in [0.15, 0.2) is 0 Å². The summed E-state index contributed by atoms with van der Waals surface area (Å²) in [7, 11) is 1.98. The van der Waals surface area contributed by atoms with Crippen molar-refractivity contribution in [3.8, 4) is 17.1 Å². The first-order chi connectivity index (χ1) is 16.6. The SMILES string of the molecule is Cc1ccc(-c2ccn(-c3ccc4c5c(n(C)c4n3)CCN(C(=O)OC(C)(C)C)C5)c(=O)c2)nc1. The molecule has 0 aliphatic carbocycles. The Morgan fingerprint density at radius 2 is 1.91 bits per heavy atom. The van der Waals surface area contributed by atoms with Gasteiger partial charge in [-0.05, 0) is 57.5 Å². The van der Waals surface area contributed by atoms with Crippen LogP contribution in [-0.4, -0.2) is 42.2 Å². The molecule has 4 aromatic rings. The Balaban J connectivity index is 1.48. The van der Waals surface area contributed by atoms with E-state index in [0.29, 0.717) is 18.9 Å². The van der Waals surface area contributed by atoms with E-state index in [0.717, 1.165) is 45.5 Å². The first kappa shape index (κ1) is 22.8. The Hall–Kier alpha value is -3.94. The lowest BCUT2D eigenvalue weighted by atomic mass is 10.1. The van der Waals surface area contributed by atoms with E-state index in [1.807, 2.05) is 65.1 Å². The number of hydrogen-bond donors (Lipinski definition) is 0. The number of aryl methyl sites for hydroxylation is 2. The second-order valence-corrected chi connectivity index (χ2v) is 10.0. The predicted octanol–water partition coefficient (Wildman–Crippen LogP) is 4.39. The highest BCUT2D eigenvalue weighted by Crippen LogP contribution is 2.30. The average Bonchev–Trinajstić information content (AvgIpc) is 3.09. The van der Waals surface area contributed by atoms with Gasteiger partial charge in [0.05, 0.1) is 12.2 Å². The minimum atomic E-state index is -0.537. The number of rotatable bonds is 2. The Kier molecular flexibility index (Phi) is 5.46. The Morgan fingerprint density at radius 3 is 2.60 bits per heavy atom. The summed E-state index contributed by atoms with van der Waals surface area (Å²) in [5, 5.41) is 0.980. The first-order valence-corrected chi connectivity index (χ1v) is 11.7. The van der Waals surface area contributed by atoms with Crippen LogP contribution >= 0.6 is 0 Å². The van der Waals surface area contributed by atoms with Crippen LogP contribution in [0, 0.1) is 6.92 Å². The molecular formula is C27H29N5O3. The third kappa shape index (κ3) is 4.32. The van der Waals surface area contributed by atoms with Crippen LogP contribution in [0.4, 0.5) is 4.79 Å². The van der Waals surface area contributed by atoms with E-state index >= 15 is 0 Å². The van der Waals surface area contributed by atoms with Gasteiger partial charge < -0.3 is 14.2 Å². The molecular weight excluding hydrogens is 442 g/mol. The second kappa shape index (κ2) is 8.37. The van der Waals surface area contributed by atoms with Crippen LogP contribution < -0.4 is 5.56 Å². The van der Waals surface area contributed by atoms with Gasteiger partial charge in [-0.2, -0.15) is 0 Å². The van der Waals surface area contributed by atoms with E-state index in [1.165, 1.54) is 4.57 Å². The maximum Gasteiger partial charge on any atom is 0.410 e. The van der Waals surface area contributed by atoms with Gasteiger partial charge in [0.1, 0.15) is 17.1 Å². The number of carbonyl (C=O) groups is 1. The maximum absolute atomic E-state index is 13.0. The molecule has 0 radical (unpaired) electrons. The summed E-state index contributed by atoms with van der Waals surface area (Å²) >= 11 is 0. The molecule has 0 spiro atoms. The summed E-state index contributed by atoms with van der Waals surface area (Å²) in [5.74, 6) is 0.549. The monoisotopic (exact) mass is 471 g/mol. The van der Waals surface area contributed by atoms with Crippen molar-refractivity contribution in [2.45, 2.75) is 46.3 Å². The Morgan fingerprint density at radius 1 is 1.11 bits per heavy atom. The molecule has 5 rings (SSSR count). The Labute approximate surface area is 203 Å². The van der Waals surface area contributed by atoms with Crippen LogP contribution in [0.1, 0.15) is 37.6 Å². The van der Waals surface area contributed by atoms with Gasteiger partial charge in [-0.25, -0.2) is 9.78 Å². The molecule has 1 aliphatic rings. The normalized spacial score (nSPS) is 13.7. The van der Waals surface area contributed by atoms with Crippen molar-refractivity contribution in [3.05, 3.63) is 76.0 Å². The van der Waals surface area contributed by atoms with Crippen LogP contribution in [-0.2, 0) is 24.8 Å². The van der Waals surface area contributed by atoms with Crippen LogP contribution in [0.3, 0.4) is 0 Å². The minimum absolute atomic E-state index is 0.174. The molecule has 0 unspecified atom stereocenters. The van der Waals surface area contributed by atoms with E-state index in [4.69, 9.17) is 9.72 Å². The molecule has 0 bridgehead atoms. The summed E-state index contributed by atoms with van der Waals surface area (Å²) in [6, 6.07) is 11.2. The number of nitrogens with zero attached hydrogens (tertiary/aromatic N) is 5. The number of hydrogen-bond acceptors (Lipinski definition) is 5. The average molecular weight is 472 g/mol. The zero-order valence-electron chi connectivity index (χ0n) is 20.7. The Bertz CT molecular complexity index is 1490. The molecule has 0 saturated heterocycles. The standard InChI is InChI=1S/C27H29N5O3/c1-17-6-8-21(28-15-17)18-10-13-32(24(33)14-18)23-9-7-19-20-16-31(26(34)35-27(2,3)4)12-11-22(20)30(5)25(19)29-23/h6-10,13-15H,11-12,16H2,1-5H3. The number of carbonyl (C=O) groups excluding carboxylic acids is 1. The predicted molar refractivity (Wildman–Crippen MR) is 135 cm³/mol. The second-order valence-electron chi connectivity index (χ2n) is 10.0. The molecule has 0 fully saturated rings. The van der Waals surface area contributed by atoms with Gasteiger partial charge in [-0.1, -0.05) is 6.07 Å². The minimum Gasteiger partial charge on any atom is -0.444 e. The zero-order valence-corrected chi connectivity index (χ0v) is 20.7. The van der Waals surface area contributed by atoms with E-state index in [2.05, 4.69) is 9.55 Å². The van der Waals surface area contributed by atoms with Crippen molar-refractivity contribution in [3.63, 3.8) is 0 Å². The fraction of sp³-hybridized carbons (Fsp3) is 0.333. The van der Waals surface area contributed by atoms with Gasteiger partial charge in [0.2, 0.25) is 0 Å². The van der Waals surface area contributed by atoms with Crippen LogP contribution in [0.15, 0.2) is 53.6 Å². The van der Waals surface area contributed by atoms with E-state index in [9.17, 15) is 9.59 Å². The third-order valence-electron chi connectivity index (χ3n) is 6.25. The lowest BCUT2D eigenvalue weighted by molar-refractivity contribution is 0.0223. The quantitative estimate of drug-likeness (QED) is 0.433. The summed E-state index contributed by atoms with van der Waals surface area (Å²) in [6.07, 6.45) is 3.94. The molecule has 1 aliphatic heterocycles. The van der Waals surface area contributed by atoms with Gasteiger partial charge in [-0.3, -0.25) is 14.3 Å². The van der Waals surface area contributed by atoms with E-state index in [1.54, 1.807) is 23.4 Å². The largest absolute Gasteiger partial charge is 0.444 e. The molecule has 180 valence electrons. The summed E-state index contributed by atoms with van der Waals surface area (Å²) < 4.78 is 9.17. The van der Waals surface area contributed by atoms with Gasteiger partial charge in [-0.15, -0.1) is 0 Å². The molecule has 0 N–H and O–H groups in total. The van der Waals surface area contributed by atoms with Crippen molar-refractivity contribution >= 4 is 17.1 Å². The van der Waals surface area contributed by atoms with Crippen LogP contribution in [0.2, 0.25) is 0 Å². The van der Waals surface area contributed by atoms with E-state index < -0.39 is 5.60 Å². The van der Waals surface area contributed by atoms with Crippen molar-refractivity contribution in [1.29, 1.82) is 0 Å². The van der Waals surface area contributed by atoms with Crippen molar-refractivity contribution in [1.82, 2.24) is 24.0 Å². The molecule has 8 heteroatoms. The molecule has 0 atom stereocenters. The van der Waals surface area contributed by atoms with Gasteiger partial charge >= 0.3 is 6.09 Å². The van der Waals surface area contributed by atoms with Crippen molar-refractivity contribution in [2.75, 3.05) is 6.54 Å². The lowest BCUT2D eigenvalue weighted by Crippen LogP contribution is -2.40. The van der Waals surface area contributed by atoms with E-state index in [-0.39, 0.29) is 11.7 Å². The van der Waals surface area contributed by atoms with Crippen LogP contribution in [0.5, 0.6) is 0 Å². The van der Waals surface area contributed by atoms with Crippen molar-refractivity contribution in [2.24, 2.45) is 7.05 Å². The fourth-order valence-electron chi connectivity index (χ4n) is 4.50. The highest BCUT2D eigenvalue weighted by Gasteiger charge is 2.29. The summed E-state index contributed by atoms with van der Waals surface area (Å²) in [6.45, 7) is 8.65. The molecule has 1 amide bonds.